The number of fused-ring (bicyclic) bond motifs is 1. The first kappa shape index (κ1) is 15.8. The van der Waals surface area contributed by atoms with Gasteiger partial charge in [-0.1, -0.05) is 30.1 Å². The Morgan fingerprint density at radius 1 is 1.29 bits per heavy atom. The van der Waals surface area contributed by atoms with Crippen LogP contribution < -0.4 is 10.1 Å². The van der Waals surface area contributed by atoms with Gasteiger partial charge in [0.1, 0.15) is 5.75 Å². The molecule has 3 rings (SSSR count). The third kappa shape index (κ3) is 3.64. The van der Waals surface area contributed by atoms with Crippen molar-refractivity contribution in [3.63, 3.8) is 0 Å². The van der Waals surface area contributed by atoms with E-state index in [-0.39, 0.29) is 0 Å². The van der Waals surface area contributed by atoms with Gasteiger partial charge in [-0.25, -0.2) is 0 Å². The van der Waals surface area contributed by atoms with Gasteiger partial charge in [0.25, 0.3) is 0 Å². The molecule has 1 fully saturated rings. The molecular formula is C16H21Cl2NOS. The van der Waals surface area contributed by atoms with E-state index >= 15 is 0 Å². The average molecular weight is 346 g/mol. The number of ether oxygens (including phenoxy) is 1. The number of halogens is 2. The Hall–Kier alpha value is -0.0900. The van der Waals surface area contributed by atoms with Crippen molar-refractivity contribution in [2.75, 3.05) is 12.4 Å². The molecule has 2 aliphatic rings. The van der Waals surface area contributed by atoms with E-state index in [0.717, 1.165) is 23.0 Å². The highest BCUT2D eigenvalue weighted by Gasteiger charge is 2.30. The SMILES string of the molecule is CCSC1CCC(NC2CCOc3c(Cl)cc(Cl)cc32)C1. The van der Waals surface area contributed by atoms with Gasteiger partial charge in [0.05, 0.1) is 11.6 Å². The molecule has 0 aromatic heterocycles. The van der Waals surface area contributed by atoms with E-state index in [4.69, 9.17) is 27.9 Å². The molecule has 0 bridgehead atoms. The number of nitrogens with one attached hydrogen (secondary N) is 1. The summed E-state index contributed by atoms with van der Waals surface area (Å²) in [5, 5.41) is 5.92. The molecule has 0 saturated heterocycles. The van der Waals surface area contributed by atoms with E-state index in [0.29, 0.717) is 28.7 Å². The second-order valence-corrected chi connectivity index (χ2v) is 8.17. The highest BCUT2D eigenvalue weighted by molar-refractivity contribution is 7.99. The summed E-state index contributed by atoms with van der Waals surface area (Å²) in [5.41, 5.74) is 1.12. The maximum Gasteiger partial charge on any atom is 0.142 e. The Morgan fingerprint density at radius 2 is 2.14 bits per heavy atom. The fraction of sp³-hybridized carbons (Fsp3) is 0.625. The van der Waals surface area contributed by atoms with Gasteiger partial charge in [-0.15, -0.1) is 0 Å². The van der Waals surface area contributed by atoms with Gasteiger partial charge in [-0.3, -0.25) is 0 Å². The summed E-state index contributed by atoms with van der Waals surface area (Å²) < 4.78 is 5.73. The van der Waals surface area contributed by atoms with Crippen LogP contribution in [0.1, 0.15) is 44.2 Å². The molecule has 3 unspecified atom stereocenters. The summed E-state index contributed by atoms with van der Waals surface area (Å²) in [6.45, 7) is 2.95. The van der Waals surface area contributed by atoms with E-state index in [1.807, 2.05) is 6.07 Å². The van der Waals surface area contributed by atoms with Crippen molar-refractivity contribution < 1.29 is 4.74 Å². The summed E-state index contributed by atoms with van der Waals surface area (Å²) >= 11 is 14.5. The van der Waals surface area contributed by atoms with Crippen LogP contribution in [-0.4, -0.2) is 23.7 Å². The summed E-state index contributed by atoms with van der Waals surface area (Å²) in [6.07, 6.45) is 4.83. The predicted molar refractivity (Wildman–Crippen MR) is 92.0 cm³/mol. The van der Waals surface area contributed by atoms with Crippen LogP contribution in [-0.2, 0) is 0 Å². The minimum atomic E-state index is 0.306. The van der Waals surface area contributed by atoms with Crippen LogP contribution in [0.15, 0.2) is 12.1 Å². The lowest BCUT2D eigenvalue weighted by Crippen LogP contribution is -2.34. The quantitative estimate of drug-likeness (QED) is 0.821. The standard InChI is InChI=1S/C16H21Cl2NOS/c1-2-21-12-4-3-11(9-12)19-15-5-6-20-16-13(15)7-10(17)8-14(16)18/h7-8,11-12,15,19H,2-6,9H2,1H3. The summed E-state index contributed by atoms with van der Waals surface area (Å²) in [4.78, 5) is 0. The van der Waals surface area contributed by atoms with Gasteiger partial charge >= 0.3 is 0 Å². The topological polar surface area (TPSA) is 21.3 Å². The Morgan fingerprint density at radius 3 is 2.95 bits per heavy atom. The number of rotatable bonds is 4. The number of hydrogen-bond acceptors (Lipinski definition) is 3. The zero-order chi connectivity index (χ0) is 14.8. The van der Waals surface area contributed by atoms with Crippen LogP contribution in [0.5, 0.6) is 5.75 Å². The van der Waals surface area contributed by atoms with Crippen molar-refractivity contribution >= 4 is 35.0 Å². The highest BCUT2D eigenvalue weighted by Crippen LogP contribution is 2.41. The molecule has 1 saturated carbocycles. The Kier molecular flexibility index (Phi) is 5.26. The van der Waals surface area contributed by atoms with E-state index in [1.165, 1.54) is 25.0 Å². The number of hydrogen-bond donors (Lipinski definition) is 1. The molecule has 1 aromatic rings. The van der Waals surface area contributed by atoms with Crippen molar-refractivity contribution in [1.29, 1.82) is 0 Å². The van der Waals surface area contributed by atoms with Gasteiger partial charge in [-0.2, -0.15) is 11.8 Å². The maximum atomic E-state index is 6.25. The number of benzene rings is 1. The van der Waals surface area contributed by atoms with Gasteiger partial charge in [0.15, 0.2) is 0 Å². The van der Waals surface area contributed by atoms with Crippen molar-refractivity contribution in [1.82, 2.24) is 5.32 Å². The van der Waals surface area contributed by atoms with E-state index in [2.05, 4.69) is 24.0 Å². The first-order valence-corrected chi connectivity index (χ1v) is 9.47. The minimum Gasteiger partial charge on any atom is -0.492 e. The molecule has 0 radical (unpaired) electrons. The summed E-state index contributed by atoms with van der Waals surface area (Å²) in [6, 6.07) is 4.66. The molecule has 1 aliphatic heterocycles. The maximum absolute atomic E-state index is 6.25. The van der Waals surface area contributed by atoms with Gasteiger partial charge in [-0.05, 0) is 37.1 Å². The molecule has 116 valence electrons. The van der Waals surface area contributed by atoms with Crippen molar-refractivity contribution in [3.05, 3.63) is 27.7 Å². The molecule has 1 N–H and O–H groups in total. The van der Waals surface area contributed by atoms with Crippen LogP contribution in [0.4, 0.5) is 0 Å². The van der Waals surface area contributed by atoms with Crippen LogP contribution in [0, 0.1) is 0 Å². The monoisotopic (exact) mass is 345 g/mol. The van der Waals surface area contributed by atoms with Crippen LogP contribution in [0.25, 0.3) is 0 Å². The molecular weight excluding hydrogens is 325 g/mol. The molecule has 3 atom stereocenters. The molecule has 5 heteroatoms. The molecule has 21 heavy (non-hydrogen) atoms. The Balaban J connectivity index is 1.71. The lowest BCUT2D eigenvalue weighted by molar-refractivity contribution is 0.244. The van der Waals surface area contributed by atoms with Crippen LogP contribution in [0.3, 0.4) is 0 Å². The first-order chi connectivity index (χ1) is 10.2. The minimum absolute atomic E-state index is 0.306. The van der Waals surface area contributed by atoms with Gasteiger partial charge in [0, 0.05) is 34.3 Å². The lowest BCUT2D eigenvalue weighted by Gasteiger charge is -2.30. The van der Waals surface area contributed by atoms with Crippen molar-refractivity contribution in [2.45, 2.75) is 49.9 Å². The highest BCUT2D eigenvalue weighted by atomic mass is 35.5. The van der Waals surface area contributed by atoms with Crippen LogP contribution >= 0.6 is 35.0 Å². The molecule has 0 spiro atoms. The van der Waals surface area contributed by atoms with E-state index in [1.54, 1.807) is 6.07 Å². The molecule has 1 heterocycles. The van der Waals surface area contributed by atoms with Gasteiger partial charge in [0.2, 0.25) is 0 Å². The van der Waals surface area contributed by atoms with Crippen molar-refractivity contribution in [2.24, 2.45) is 0 Å². The first-order valence-electron chi connectivity index (χ1n) is 7.66. The van der Waals surface area contributed by atoms with Gasteiger partial charge < -0.3 is 10.1 Å². The van der Waals surface area contributed by atoms with E-state index in [9.17, 15) is 0 Å². The smallest absolute Gasteiger partial charge is 0.142 e. The molecule has 1 aromatic carbocycles. The fourth-order valence-electron chi connectivity index (χ4n) is 3.36. The predicted octanol–water partition coefficient (Wildman–Crippen LogP) is 5.08. The summed E-state index contributed by atoms with van der Waals surface area (Å²) in [7, 11) is 0. The Labute approximate surface area is 140 Å². The normalized spacial score (nSPS) is 28.2. The van der Waals surface area contributed by atoms with Crippen molar-refractivity contribution in [3.8, 4) is 5.75 Å². The second kappa shape index (κ2) is 6.99. The fourth-order valence-corrected chi connectivity index (χ4v) is 5.07. The number of thioether (sulfide) groups is 1. The average Bonchev–Trinajstić information content (AvgIpc) is 2.87. The Bertz CT molecular complexity index is 511. The van der Waals surface area contributed by atoms with Crippen LogP contribution in [0.2, 0.25) is 10.0 Å². The molecule has 0 amide bonds. The third-order valence-electron chi connectivity index (χ3n) is 4.29. The lowest BCUT2D eigenvalue weighted by atomic mass is 9.99. The molecule has 2 nitrogen and oxygen atoms in total. The second-order valence-electron chi connectivity index (χ2n) is 5.75. The zero-order valence-electron chi connectivity index (χ0n) is 12.2. The largest absolute Gasteiger partial charge is 0.492 e. The third-order valence-corrected chi connectivity index (χ3v) is 6.02. The summed E-state index contributed by atoms with van der Waals surface area (Å²) in [5.74, 6) is 2.02. The van der Waals surface area contributed by atoms with E-state index < -0.39 is 0 Å². The zero-order valence-corrected chi connectivity index (χ0v) is 14.5. The molecule has 1 aliphatic carbocycles.